The van der Waals surface area contributed by atoms with Crippen molar-refractivity contribution in [1.82, 2.24) is 4.98 Å². The van der Waals surface area contributed by atoms with E-state index in [1.165, 1.54) is 18.2 Å². The fraction of sp³-hybridized carbons (Fsp3) is 0.143. The number of rotatable bonds is 3. The van der Waals surface area contributed by atoms with Crippen LogP contribution in [-0.2, 0) is 0 Å². The Balaban J connectivity index is 2.50. The Labute approximate surface area is 129 Å². The highest BCUT2D eigenvalue weighted by Gasteiger charge is 2.15. The first-order chi connectivity index (χ1) is 9.92. The maximum absolute atomic E-state index is 10.8. The SMILES string of the molecule is Cc1cc(C)c(C#N)c(Oc2cc([N+](=O)[O-])ccc2Br)n1. The van der Waals surface area contributed by atoms with Crippen molar-refractivity contribution >= 4 is 21.6 Å². The van der Waals surface area contributed by atoms with E-state index < -0.39 is 4.92 Å². The molecule has 6 nitrogen and oxygen atoms in total. The number of halogens is 1. The summed E-state index contributed by atoms with van der Waals surface area (Å²) >= 11 is 3.26. The van der Waals surface area contributed by atoms with Gasteiger partial charge in [-0.25, -0.2) is 4.98 Å². The Morgan fingerprint density at radius 2 is 2.10 bits per heavy atom. The molecule has 0 aliphatic heterocycles. The van der Waals surface area contributed by atoms with Crippen molar-refractivity contribution in [3.8, 4) is 17.7 Å². The molecule has 2 rings (SSSR count). The molecule has 1 aromatic carbocycles. The van der Waals surface area contributed by atoms with Crippen LogP contribution in [0.25, 0.3) is 0 Å². The summed E-state index contributed by atoms with van der Waals surface area (Å²) in [7, 11) is 0. The lowest BCUT2D eigenvalue weighted by atomic mass is 10.1. The Hall–Kier alpha value is -2.46. The van der Waals surface area contributed by atoms with Crippen molar-refractivity contribution < 1.29 is 9.66 Å². The molecule has 2 aromatic rings. The second-order valence-electron chi connectivity index (χ2n) is 4.35. The summed E-state index contributed by atoms with van der Waals surface area (Å²) in [5.74, 6) is 0.370. The van der Waals surface area contributed by atoms with Crippen molar-refractivity contribution in [3.05, 3.63) is 55.7 Å². The maximum atomic E-state index is 10.8. The zero-order valence-electron chi connectivity index (χ0n) is 11.3. The molecule has 21 heavy (non-hydrogen) atoms. The number of nitro groups is 1. The number of nitriles is 1. The maximum Gasteiger partial charge on any atom is 0.273 e. The molecular formula is C14H10BrN3O3. The molecule has 0 unspecified atom stereocenters. The first-order valence-corrected chi connectivity index (χ1v) is 6.72. The van der Waals surface area contributed by atoms with Crippen LogP contribution in [-0.4, -0.2) is 9.91 Å². The van der Waals surface area contributed by atoms with E-state index in [1.54, 1.807) is 19.9 Å². The highest BCUT2D eigenvalue weighted by atomic mass is 79.9. The Morgan fingerprint density at radius 1 is 1.38 bits per heavy atom. The molecule has 0 saturated carbocycles. The lowest BCUT2D eigenvalue weighted by Gasteiger charge is -2.10. The van der Waals surface area contributed by atoms with Crippen molar-refractivity contribution in [3.63, 3.8) is 0 Å². The van der Waals surface area contributed by atoms with E-state index in [-0.39, 0.29) is 17.3 Å². The summed E-state index contributed by atoms with van der Waals surface area (Å²) in [5.41, 5.74) is 1.64. The number of hydrogen-bond acceptors (Lipinski definition) is 5. The molecule has 1 aromatic heterocycles. The van der Waals surface area contributed by atoms with Gasteiger partial charge in [-0.2, -0.15) is 5.26 Å². The summed E-state index contributed by atoms with van der Waals surface area (Å²) in [6, 6.07) is 7.96. The molecule has 0 amide bonds. The fourth-order valence-corrected chi connectivity index (χ4v) is 2.13. The van der Waals surface area contributed by atoms with Gasteiger partial charge in [0.1, 0.15) is 11.6 Å². The van der Waals surface area contributed by atoms with Crippen LogP contribution in [0.4, 0.5) is 5.69 Å². The molecule has 0 bridgehead atoms. The summed E-state index contributed by atoms with van der Waals surface area (Å²) in [6.07, 6.45) is 0. The van der Waals surface area contributed by atoms with Gasteiger partial charge in [0.15, 0.2) is 5.75 Å². The minimum Gasteiger partial charge on any atom is -0.436 e. The Kier molecular flexibility index (Phi) is 4.19. The average Bonchev–Trinajstić information content (AvgIpc) is 2.40. The summed E-state index contributed by atoms with van der Waals surface area (Å²) < 4.78 is 6.14. The van der Waals surface area contributed by atoms with E-state index >= 15 is 0 Å². The van der Waals surface area contributed by atoms with Crippen molar-refractivity contribution in [1.29, 1.82) is 5.26 Å². The van der Waals surface area contributed by atoms with Crippen LogP contribution in [0.2, 0.25) is 0 Å². The zero-order chi connectivity index (χ0) is 15.6. The number of ether oxygens (including phenoxy) is 1. The number of nitro benzene ring substituents is 1. The van der Waals surface area contributed by atoms with Gasteiger partial charge >= 0.3 is 0 Å². The van der Waals surface area contributed by atoms with Crippen LogP contribution < -0.4 is 4.74 Å². The van der Waals surface area contributed by atoms with E-state index in [2.05, 4.69) is 20.9 Å². The molecule has 0 aliphatic carbocycles. The number of benzene rings is 1. The van der Waals surface area contributed by atoms with E-state index in [4.69, 9.17) is 4.74 Å². The third kappa shape index (κ3) is 3.17. The molecule has 1 heterocycles. The molecule has 0 fully saturated rings. The quantitative estimate of drug-likeness (QED) is 0.617. The van der Waals surface area contributed by atoms with Crippen LogP contribution in [0.5, 0.6) is 11.6 Å². The van der Waals surface area contributed by atoms with Crippen LogP contribution in [0.3, 0.4) is 0 Å². The zero-order valence-corrected chi connectivity index (χ0v) is 12.8. The number of non-ortho nitro benzene ring substituents is 1. The van der Waals surface area contributed by atoms with E-state index in [0.717, 1.165) is 5.56 Å². The van der Waals surface area contributed by atoms with Crippen LogP contribution >= 0.6 is 15.9 Å². The van der Waals surface area contributed by atoms with E-state index in [9.17, 15) is 15.4 Å². The van der Waals surface area contributed by atoms with Gasteiger partial charge in [-0.3, -0.25) is 10.1 Å². The first-order valence-electron chi connectivity index (χ1n) is 5.92. The minimum atomic E-state index is -0.514. The number of nitrogens with zero attached hydrogens (tertiary/aromatic N) is 3. The van der Waals surface area contributed by atoms with Gasteiger partial charge in [-0.05, 0) is 47.5 Å². The average molecular weight is 348 g/mol. The molecule has 0 atom stereocenters. The molecule has 0 radical (unpaired) electrons. The molecule has 0 N–H and O–H groups in total. The number of aryl methyl sites for hydroxylation is 2. The highest BCUT2D eigenvalue weighted by molar-refractivity contribution is 9.10. The van der Waals surface area contributed by atoms with Crippen molar-refractivity contribution in [2.24, 2.45) is 0 Å². The topological polar surface area (TPSA) is 89.0 Å². The Bertz CT molecular complexity index is 769. The lowest BCUT2D eigenvalue weighted by Crippen LogP contribution is -1.98. The molecule has 7 heteroatoms. The predicted octanol–water partition coefficient (Wildman–Crippen LogP) is 4.03. The summed E-state index contributed by atoms with van der Waals surface area (Å²) in [4.78, 5) is 14.5. The van der Waals surface area contributed by atoms with Gasteiger partial charge in [0.2, 0.25) is 5.88 Å². The smallest absolute Gasteiger partial charge is 0.273 e. The van der Waals surface area contributed by atoms with Crippen LogP contribution in [0, 0.1) is 35.3 Å². The third-order valence-electron chi connectivity index (χ3n) is 2.76. The van der Waals surface area contributed by atoms with Gasteiger partial charge in [-0.1, -0.05) is 0 Å². The summed E-state index contributed by atoms with van der Waals surface area (Å²) in [6.45, 7) is 3.56. The van der Waals surface area contributed by atoms with Gasteiger partial charge < -0.3 is 4.74 Å². The van der Waals surface area contributed by atoms with Gasteiger partial charge in [0.25, 0.3) is 5.69 Å². The second-order valence-corrected chi connectivity index (χ2v) is 5.20. The normalized spacial score (nSPS) is 10.0. The second kappa shape index (κ2) is 5.89. The monoisotopic (exact) mass is 347 g/mol. The fourth-order valence-electron chi connectivity index (χ4n) is 1.80. The molecular weight excluding hydrogens is 338 g/mol. The Morgan fingerprint density at radius 3 is 2.71 bits per heavy atom. The number of hydrogen-bond donors (Lipinski definition) is 0. The third-order valence-corrected chi connectivity index (χ3v) is 3.41. The number of aromatic nitrogens is 1. The van der Waals surface area contributed by atoms with Crippen LogP contribution in [0.15, 0.2) is 28.7 Å². The van der Waals surface area contributed by atoms with Crippen LogP contribution in [0.1, 0.15) is 16.8 Å². The van der Waals surface area contributed by atoms with E-state index in [1.807, 2.05) is 6.07 Å². The van der Waals surface area contributed by atoms with Gasteiger partial charge in [-0.15, -0.1) is 0 Å². The van der Waals surface area contributed by atoms with Crippen molar-refractivity contribution in [2.75, 3.05) is 0 Å². The molecule has 0 spiro atoms. The van der Waals surface area contributed by atoms with Gasteiger partial charge in [0.05, 0.1) is 15.5 Å². The first kappa shape index (κ1) is 14.9. The van der Waals surface area contributed by atoms with Crippen molar-refractivity contribution in [2.45, 2.75) is 13.8 Å². The predicted molar refractivity (Wildman–Crippen MR) is 79.3 cm³/mol. The molecule has 0 aliphatic rings. The summed E-state index contributed by atoms with van der Waals surface area (Å²) in [5, 5.41) is 20.0. The largest absolute Gasteiger partial charge is 0.436 e. The minimum absolute atomic E-state index is 0.101. The number of pyridine rings is 1. The molecule has 0 saturated heterocycles. The lowest BCUT2D eigenvalue weighted by molar-refractivity contribution is -0.384. The van der Waals surface area contributed by atoms with E-state index in [0.29, 0.717) is 15.7 Å². The highest BCUT2D eigenvalue weighted by Crippen LogP contribution is 2.34. The van der Waals surface area contributed by atoms with Gasteiger partial charge in [0, 0.05) is 11.8 Å². The standard InChI is InChI=1S/C14H10BrN3O3/c1-8-5-9(2)17-14(11(8)7-16)21-13-6-10(18(19)20)3-4-12(13)15/h3-6H,1-2H3. The molecule has 106 valence electrons.